The summed E-state index contributed by atoms with van der Waals surface area (Å²) in [5.41, 5.74) is 10.7. The van der Waals surface area contributed by atoms with Crippen LogP contribution < -0.4 is 15.8 Å². The Hall–Kier alpha value is -2.00. The summed E-state index contributed by atoms with van der Waals surface area (Å²) in [4.78, 5) is 0. The van der Waals surface area contributed by atoms with Crippen LogP contribution in [0.25, 0.3) is 0 Å². The van der Waals surface area contributed by atoms with Gasteiger partial charge in [0.1, 0.15) is 5.75 Å². The first-order valence-corrected chi connectivity index (χ1v) is 8.46. The summed E-state index contributed by atoms with van der Waals surface area (Å²) >= 11 is 0. The molecule has 0 fully saturated rings. The number of nitrogen functional groups attached to an aromatic ring is 1. The Balaban J connectivity index is 1.69. The molecular weight excluding hydrogens is 284 g/mol. The summed E-state index contributed by atoms with van der Waals surface area (Å²) in [6.45, 7) is 6.84. The Morgan fingerprint density at radius 3 is 2.48 bits per heavy atom. The number of ether oxygens (including phenoxy) is 1. The van der Waals surface area contributed by atoms with Gasteiger partial charge in [-0.1, -0.05) is 42.8 Å². The van der Waals surface area contributed by atoms with Crippen LogP contribution in [0.2, 0.25) is 0 Å². The molecule has 0 amide bonds. The lowest BCUT2D eigenvalue weighted by Crippen LogP contribution is -2.15. The molecule has 0 aromatic heterocycles. The van der Waals surface area contributed by atoms with Crippen molar-refractivity contribution in [3.05, 3.63) is 59.2 Å². The van der Waals surface area contributed by atoms with Crippen LogP contribution in [-0.4, -0.2) is 13.2 Å². The molecule has 2 aromatic rings. The second kappa shape index (κ2) is 9.21. The number of rotatable bonds is 9. The number of anilines is 1. The SMILES string of the molecule is CCCOc1ccc(CCCNCc2ccc(C)cc2)cc1N. The first-order valence-electron chi connectivity index (χ1n) is 8.46. The van der Waals surface area contributed by atoms with Gasteiger partial charge >= 0.3 is 0 Å². The summed E-state index contributed by atoms with van der Waals surface area (Å²) in [6.07, 6.45) is 3.12. The van der Waals surface area contributed by atoms with Crippen LogP contribution in [0.5, 0.6) is 5.75 Å². The van der Waals surface area contributed by atoms with E-state index in [-0.39, 0.29) is 0 Å². The van der Waals surface area contributed by atoms with Crippen molar-refractivity contribution >= 4 is 5.69 Å². The molecule has 2 rings (SSSR count). The number of benzene rings is 2. The van der Waals surface area contributed by atoms with Gasteiger partial charge < -0.3 is 15.8 Å². The Bertz CT molecular complexity index is 593. The third kappa shape index (κ3) is 5.95. The number of hydrogen-bond donors (Lipinski definition) is 2. The minimum absolute atomic E-state index is 0.715. The molecule has 23 heavy (non-hydrogen) atoms. The molecule has 0 aliphatic heterocycles. The fourth-order valence-electron chi connectivity index (χ4n) is 2.45. The zero-order valence-corrected chi connectivity index (χ0v) is 14.3. The summed E-state index contributed by atoms with van der Waals surface area (Å²) < 4.78 is 5.60. The molecule has 0 saturated heterocycles. The van der Waals surface area contributed by atoms with Gasteiger partial charge in [0.05, 0.1) is 12.3 Å². The standard InChI is InChI=1S/C20H28N2O/c1-3-13-23-20-11-10-17(14-19(20)21)5-4-12-22-15-18-8-6-16(2)7-9-18/h6-11,14,22H,3-5,12-13,15,21H2,1-2H3. The normalized spacial score (nSPS) is 10.7. The van der Waals surface area contributed by atoms with E-state index in [4.69, 9.17) is 10.5 Å². The molecule has 0 atom stereocenters. The predicted molar refractivity (Wildman–Crippen MR) is 97.8 cm³/mol. The molecule has 0 aliphatic carbocycles. The van der Waals surface area contributed by atoms with Crippen molar-refractivity contribution in [3.63, 3.8) is 0 Å². The predicted octanol–water partition coefficient (Wildman–Crippen LogP) is 4.09. The van der Waals surface area contributed by atoms with Crippen LogP contribution in [-0.2, 0) is 13.0 Å². The number of hydrogen-bond acceptors (Lipinski definition) is 3. The molecule has 3 heteroatoms. The van der Waals surface area contributed by atoms with Crippen molar-refractivity contribution < 1.29 is 4.74 Å². The van der Waals surface area contributed by atoms with E-state index in [1.54, 1.807) is 0 Å². The fraction of sp³-hybridized carbons (Fsp3) is 0.400. The minimum atomic E-state index is 0.715. The Kier molecular flexibility index (Phi) is 6.95. The van der Waals surface area contributed by atoms with Crippen molar-refractivity contribution in [2.24, 2.45) is 0 Å². The highest BCUT2D eigenvalue weighted by molar-refractivity contribution is 5.54. The van der Waals surface area contributed by atoms with E-state index < -0.39 is 0 Å². The van der Waals surface area contributed by atoms with Gasteiger partial charge in [0, 0.05) is 6.54 Å². The topological polar surface area (TPSA) is 47.3 Å². The maximum Gasteiger partial charge on any atom is 0.142 e. The lowest BCUT2D eigenvalue weighted by atomic mass is 10.1. The zero-order chi connectivity index (χ0) is 16.5. The second-order valence-corrected chi connectivity index (χ2v) is 5.99. The molecule has 0 radical (unpaired) electrons. The van der Waals surface area contributed by atoms with Gasteiger partial charge in [0.2, 0.25) is 0 Å². The summed E-state index contributed by atoms with van der Waals surface area (Å²) in [6, 6.07) is 14.8. The van der Waals surface area contributed by atoms with Crippen LogP contribution in [0.1, 0.15) is 36.5 Å². The highest BCUT2D eigenvalue weighted by Crippen LogP contribution is 2.23. The lowest BCUT2D eigenvalue weighted by molar-refractivity contribution is 0.319. The van der Waals surface area contributed by atoms with Crippen molar-refractivity contribution in [2.75, 3.05) is 18.9 Å². The van der Waals surface area contributed by atoms with Crippen LogP contribution >= 0.6 is 0 Å². The molecule has 0 spiro atoms. The van der Waals surface area contributed by atoms with Gasteiger partial charge in [-0.25, -0.2) is 0 Å². The minimum Gasteiger partial charge on any atom is -0.491 e. The average Bonchev–Trinajstić information content (AvgIpc) is 2.55. The molecule has 0 unspecified atom stereocenters. The first-order chi connectivity index (χ1) is 11.2. The monoisotopic (exact) mass is 312 g/mol. The van der Waals surface area contributed by atoms with Gasteiger partial charge in [-0.3, -0.25) is 0 Å². The third-order valence-electron chi connectivity index (χ3n) is 3.80. The van der Waals surface area contributed by atoms with Gasteiger partial charge in [0.15, 0.2) is 0 Å². The third-order valence-corrected chi connectivity index (χ3v) is 3.80. The lowest BCUT2D eigenvalue weighted by Gasteiger charge is -2.10. The maximum absolute atomic E-state index is 6.04. The van der Waals surface area contributed by atoms with Gasteiger partial charge in [-0.15, -0.1) is 0 Å². The van der Waals surface area contributed by atoms with Crippen LogP contribution in [0.4, 0.5) is 5.69 Å². The van der Waals surface area contributed by atoms with Gasteiger partial charge in [0.25, 0.3) is 0 Å². The molecule has 124 valence electrons. The van der Waals surface area contributed by atoms with E-state index in [0.29, 0.717) is 6.61 Å². The fourth-order valence-corrected chi connectivity index (χ4v) is 2.45. The van der Waals surface area contributed by atoms with E-state index in [9.17, 15) is 0 Å². The highest BCUT2D eigenvalue weighted by Gasteiger charge is 2.02. The number of aryl methyl sites for hydroxylation is 2. The summed E-state index contributed by atoms with van der Waals surface area (Å²) in [5.74, 6) is 0.799. The molecule has 2 aromatic carbocycles. The van der Waals surface area contributed by atoms with E-state index in [2.05, 4.69) is 49.5 Å². The Morgan fingerprint density at radius 1 is 1.04 bits per heavy atom. The second-order valence-electron chi connectivity index (χ2n) is 5.99. The van der Waals surface area contributed by atoms with Crippen LogP contribution in [0, 0.1) is 6.92 Å². The number of nitrogens with one attached hydrogen (secondary N) is 1. The van der Waals surface area contributed by atoms with Crippen molar-refractivity contribution in [1.29, 1.82) is 0 Å². The molecule has 0 aliphatic rings. The van der Waals surface area contributed by atoms with Crippen molar-refractivity contribution in [1.82, 2.24) is 5.32 Å². The molecule has 0 heterocycles. The largest absolute Gasteiger partial charge is 0.491 e. The van der Waals surface area contributed by atoms with Gasteiger partial charge in [-0.05, 0) is 56.0 Å². The van der Waals surface area contributed by atoms with E-state index in [1.165, 1.54) is 16.7 Å². The Morgan fingerprint density at radius 2 is 1.78 bits per heavy atom. The van der Waals surface area contributed by atoms with Crippen molar-refractivity contribution in [2.45, 2.75) is 39.7 Å². The van der Waals surface area contributed by atoms with Crippen LogP contribution in [0.15, 0.2) is 42.5 Å². The van der Waals surface area contributed by atoms with Crippen molar-refractivity contribution in [3.8, 4) is 5.75 Å². The molecule has 0 bridgehead atoms. The van der Waals surface area contributed by atoms with E-state index in [1.807, 2.05) is 12.1 Å². The van der Waals surface area contributed by atoms with Gasteiger partial charge in [-0.2, -0.15) is 0 Å². The summed E-state index contributed by atoms with van der Waals surface area (Å²) in [7, 11) is 0. The van der Waals surface area contributed by atoms with E-state index in [0.717, 1.165) is 43.8 Å². The molecule has 0 saturated carbocycles. The smallest absolute Gasteiger partial charge is 0.142 e. The highest BCUT2D eigenvalue weighted by atomic mass is 16.5. The van der Waals surface area contributed by atoms with Crippen LogP contribution in [0.3, 0.4) is 0 Å². The summed E-state index contributed by atoms with van der Waals surface area (Å²) in [5, 5.41) is 3.49. The average molecular weight is 312 g/mol. The Labute approximate surface area is 139 Å². The number of nitrogens with two attached hydrogens (primary N) is 1. The zero-order valence-electron chi connectivity index (χ0n) is 14.3. The first kappa shape index (κ1) is 17.4. The quantitative estimate of drug-likeness (QED) is 0.541. The molecule has 3 N–H and O–H groups in total. The maximum atomic E-state index is 6.04. The molecular formula is C20H28N2O. The molecule has 3 nitrogen and oxygen atoms in total. The van der Waals surface area contributed by atoms with E-state index >= 15 is 0 Å².